The fraction of sp³-hybridized carbons (Fsp3) is 0.467. The van der Waals surface area contributed by atoms with Crippen LogP contribution in [-0.2, 0) is 4.74 Å². The summed E-state index contributed by atoms with van der Waals surface area (Å²) < 4.78 is 4.90. The molecule has 6 nitrogen and oxygen atoms in total. The van der Waals surface area contributed by atoms with Gasteiger partial charge in [0.05, 0.1) is 24.8 Å². The summed E-state index contributed by atoms with van der Waals surface area (Å²) in [5.41, 5.74) is 1.06. The number of esters is 1. The van der Waals surface area contributed by atoms with Crippen LogP contribution < -0.4 is 5.32 Å². The van der Waals surface area contributed by atoms with Crippen molar-refractivity contribution in [3.05, 3.63) is 29.8 Å². The van der Waals surface area contributed by atoms with Gasteiger partial charge in [-0.15, -0.1) is 0 Å². The number of ether oxygens (including phenoxy) is 1. The van der Waals surface area contributed by atoms with E-state index in [1.807, 2.05) is 0 Å². The predicted molar refractivity (Wildman–Crippen MR) is 78.2 cm³/mol. The van der Waals surface area contributed by atoms with Gasteiger partial charge in [-0.25, -0.2) is 9.59 Å². The molecule has 0 unspecified atom stereocenters. The highest BCUT2D eigenvalue weighted by atomic mass is 16.5. The molecule has 1 aromatic rings. The van der Waals surface area contributed by atoms with Crippen molar-refractivity contribution in [2.45, 2.75) is 25.8 Å². The fourth-order valence-electron chi connectivity index (χ4n) is 2.39. The van der Waals surface area contributed by atoms with Crippen LogP contribution in [0, 0.1) is 0 Å². The summed E-state index contributed by atoms with van der Waals surface area (Å²) in [5, 5.41) is 12.0. The Labute approximate surface area is 123 Å². The molecule has 1 heterocycles. The molecule has 0 spiro atoms. The van der Waals surface area contributed by atoms with Crippen molar-refractivity contribution in [2.75, 3.05) is 25.1 Å². The molecule has 1 aliphatic heterocycles. The van der Waals surface area contributed by atoms with E-state index in [0.717, 1.165) is 12.8 Å². The maximum atomic E-state index is 12.1. The Morgan fingerprint density at radius 3 is 2.71 bits per heavy atom. The van der Waals surface area contributed by atoms with Crippen LogP contribution in [0.3, 0.4) is 0 Å². The topological polar surface area (TPSA) is 78.9 Å². The van der Waals surface area contributed by atoms with Crippen LogP contribution >= 0.6 is 0 Å². The molecule has 0 saturated carbocycles. The monoisotopic (exact) mass is 292 g/mol. The first-order chi connectivity index (χ1) is 10.2. The van der Waals surface area contributed by atoms with Gasteiger partial charge in [-0.3, -0.25) is 0 Å². The van der Waals surface area contributed by atoms with Gasteiger partial charge >= 0.3 is 12.0 Å². The van der Waals surface area contributed by atoms with E-state index in [9.17, 15) is 14.7 Å². The van der Waals surface area contributed by atoms with Crippen molar-refractivity contribution < 1.29 is 19.4 Å². The van der Waals surface area contributed by atoms with Crippen LogP contribution in [-0.4, -0.2) is 47.8 Å². The predicted octanol–water partition coefficient (Wildman–Crippen LogP) is 1.85. The molecule has 2 N–H and O–H groups in total. The number of amides is 2. The first-order valence-corrected chi connectivity index (χ1v) is 7.11. The Morgan fingerprint density at radius 1 is 1.38 bits per heavy atom. The molecule has 1 aromatic carbocycles. The highest BCUT2D eigenvalue weighted by Gasteiger charge is 2.27. The number of hydrogen-bond donors (Lipinski definition) is 2. The normalized spacial score (nSPS) is 17.6. The quantitative estimate of drug-likeness (QED) is 0.830. The summed E-state index contributed by atoms with van der Waals surface area (Å²) in [5.74, 6) is -0.379. The molecule has 114 valence electrons. The molecule has 0 aliphatic carbocycles. The van der Waals surface area contributed by atoms with E-state index >= 15 is 0 Å². The van der Waals surface area contributed by atoms with Gasteiger partial charge in [-0.2, -0.15) is 0 Å². The smallest absolute Gasteiger partial charge is 0.338 e. The molecule has 1 saturated heterocycles. The van der Waals surface area contributed by atoms with Crippen molar-refractivity contribution in [1.82, 2.24) is 4.90 Å². The van der Waals surface area contributed by atoms with Gasteiger partial charge < -0.3 is 20.1 Å². The molecule has 21 heavy (non-hydrogen) atoms. The number of aliphatic hydroxyl groups is 1. The number of nitrogens with zero attached hydrogens (tertiary/aromatic N) is 1. The number of carbonyl (C=O) groups excluding carboxylic acids is 2. The second-order valence-corrected chi connectivity index (χ2v) is 4.90. The number of anilines is 1. The van der Waals surface area contributed by atoms with Crippen molar-refractivity contribution in [3.8, 4) is 0 Å². The second kappa shape index (κ2) is 7.08. The van der Waals surface area contributed by atoms with Gasteiger partial charge in [0.15, 0.2) is 0 Å². The minimum Gasteiger partial charge on any atom is -0.462 e. The highest BCUT2D eigenvalue weighted by Crippen LogP contribution is 2.18. The number of likely N-dealkylation sites (tertiary alicyclic amines) is 1. The fourth-order valence-corrected chi connectivity index (χ4v) is 2.39. The Hall–Kier alpha value is -2.08. The van der Waals surface area contributed by atoms with Crippen LogP contribution in [0.1, 0.15) is 30.1 Å². The van der Waals surface area contributed by atoms with E-state index < -0.39 is 0 Å². The zero-order chi connectivity index (χ0) is 15.2. The lowest BCUT2D eigenvalue weighted by Gasteiger charge is -2.23. The van der Waals surface area contributed by atoms with Crippen molar-refractivity contribution >= 4 is 17.7 Å². The molecule has 1 fully saturated rings. The molecule has 1 atom stereocenters. The molecule has 0 radical (unpaired) electrons. The number of hydrogen-bond acceptors (Lipinski definition) is 4. The average Bonchev–Trinajstić information content (AvgIpc) is 2.97. The summed E-state index contributed by atoms with van der Waals surface area (Å²) in [6.45, 7) is 2.71. The number of aliphatic hydroxyl groups excluding tert-OH is 1. The first-order valence-electron chi connectivity index (χ1n) is 7.11. The number of carbonyl (C=O) groups is 2. The largest absolute Gasteiger partial charge is 0.462 e. The zero-order valence-electron chi connectivity index (χ0n) is 12.0. The van der Waals surface area contributed by atoms with E-state index in [1.54, 1.807) is 36.1 Å². The SMILES string of the molecule is CCOC(=O)c1ccc(NC(=O)N2CCC[C@@H]2CO)cc1. The van der Waals surface area contributed by atoms with Crippen molar-refractivity contribution in [3.63, 3.8) is 0 Å². The molecule has 6 heteroatoms. The second-order valence-electron chi connectivity index (χ2n) is 4.90. The van der Waals surface area contributed by atoms with E-state index in [2.05, 4.69) is 5.32 Å². The highest BCUT2D eigenvalue weighted by molar-refractivity contribution is 5.92. The number of benzene rings is 1. The van der Waals surface area contributed by atoms with Gasteiger partial charge in [-0.1, -0.05) is 0 Å². The van der Waals surface area contributed by atoms with Crippen LogP contribution in [0.15, 0.2) is 24.3 Å². The Morgan fingerprint density at radius 2 is 2.10 bits per heavy atom. The lowest BCUT2D eigenvalue weighted by atomic mass is 10.2. The maximum absolute atomic E-state index is 12.1. The summed E-state index contributed by atoms with van der Waals surface area (Å²) in [6.07, 6.45) is 1.73. The third-order valence-corrected chi connectivity index (χ3v) is 3.50. The third-order valence-electron chi connectivity index (χ3n) is 3.50. The Balaban J connectivity index is 1.97. The number of rotatable bonds is 4. The molecule has 2 amide bonds. The molecule has 2 rings (SSSR count). The van der Waals surface area contributed by atoms with Gasteiger partial charge in [-0.05, 0) is 44.0 Å². The lowest BCUT2D eigenvalue weighted by molar-refractivity contribution is 0.0526. The summed E-state index contributed by atoms with van der Waals surface area (Å²) >= 11 is 0. The third kappa shape index (κ3) is 3.72. The van der Waals surface area contributed by atoms with Crippen molar-refractivity contribution in [1.29, 1.82) is 0 Å². The summed E-state index contributed by atoms with van der Waals surface area (Å²) in [6, 6.07) is 6.21. The van der Waals surface area contributed by atoms with E-state index in [0.29, 0.717) is 24.4 Å². The molecule has 0 bridgehead atoms. The average molecular weight is 292 g/mol. The summed E-state index contributed by atoms with van der Waals surface area (Å²) in [7, 11) is 0. The van der Waals surface area contributed by atoms with E-state index in [1.165, 1.54) is 0 Å². The van der Waals surface area contributed by atoms with Crippen LogP contribution in [0.25, 0.3) is 0 Å². The number of urea groups is 1. The van der Waals surface area contributed by atoms with Gasteiger partial charge in [0.1, 0.15) is 0 Å². The first kappa shape index (κ1) is 15.3. The van der Waals surface area contributed by atoms with Gasteiger partial charge in [0.25, 0.3) is 0 Å². The maximum Gasteiger partial charge on any atom is 0.338 e. The molecule has 0 aromatic heterocycles. The standard InChI is InChI=1S/C15H20N2O4/c1-2-21-14(19)11-5-7-12(8-6-11)16-15(20)17-9-3-4-13(17)10-18/h5-8,13,18H,2-4,9-10H2,1H3,(H,16,20)/t13-/m1/s1. The zero-order valence-corrected chi connectivity index (χ0v) is 12.0. The minimum atomic E-state index is -0.379. The van der Waals surface area contributed by atoms with E-state index in [-0.39, 0.29) is 24.6 Å². The molecule has 1 aliphatic rings. The van der Waals surface area contributed by atoms with Crippen molar-refractivity contribution in [2.24, 2.45) is 0 Å². The molecular formula is C15H20N2O4. The summed E-state index contributed by atoms with van der Waals surface area (Å²) in [4.78, 5) is 25.3. The lowest BCUT2D eigenvalue weighted by Crippen LogP contribution is -2.40. The van der Waals surface area contributed by atoms with Gasteiger partial charge in [0, 0.05) is 12.2 Å². The Bertz CT molecular complexity index is 501. The van der Waals surface area contributed by atoms with Crippen LogP contribution in [0.2, 0.25) is 0 Å². The van der Waals surface area contributed by atoms with Crippen LogP contribution in [0.5, 0.6) is 0 Å². The van der Waals surface area contributed by atoms with Gasteiger partial charge in [0.2, 0.25) is 0 Å². The Kier molecular flexibility index (Phi) is 5.16. The number of nitrogens with one attached hydrogen (secondary N) is 1. The molecular weight excluding hydrogens is 272 g/mol. The van der Waals surface area contributed by atoms with Crippen LogP contribution in [0.4, 0.5) is 10.5 Å². The minimum absolute atomic E-state index is 0.0186. The van der Waals surface area contributed by atoms with E-state index in [4.69, 9.17) is 4.74 Å².